The first kappa shape index (κ1) is 17.1. The van der Waals surface area contributed by atoms with Crippen LogP contribution in [-0.2, 0) is 24.4 Å². The van der Waals surface area contributed by atoms with Crippen molar-refractivity contribution in [1.82, 2.24) is 10.6 Å². The van der Waals surface area contributed by atoms with E-state index in [1.54, 1.807) is 12.1 Å². The number of amides is 1. The third-order valence-corrected chi connectivity index (χ3v) is 4.91. The number of nitrogens with one attached hydrogen (secondary N) is 2. The standard InChI is InChI=1S/C21H24N2O3/c24-21(23-11-15-6-7-17-12-22-13-18(17)9-15)16-3-1-4-19(10-16)26-14-20-5-2-8-25-20/h1,3-4,6-7,9-10,20,22H,2,5,8,11-14H2,(H,23,24). The summed E-state index contributed by atoms with van der Waals surface area (Å²) in [6.07, 6.45) is 2.30. The van der Waals surface area contributed by atoms with Crippen molar-refractivity contribution in [2.24, 2.45) is 0 Å². The Morgan fingerprint density at radius 2 is 2.12 bits per heavy atom. The van der Waals surface area contributed by atoms with Crippen LogP contribution in [-0.4, -0.2) is 25.2 Å². The number of carbonyl (C=O) groups excluding carboxylic acids is 1. The number of ether oxygens (including phenoxy) is 2. The monoisotopic (exact) mass is 352 g/mol. The highest BCUT2D eigenvalue weighted by atomic mass is 16.5. The number of hydrogen-bond donors (Lipinski definition) is 2. The summed E-state index contributed by atoms with van der Waals surface area (Å²) in [6.45, 7) is 3.71. The van der Waals surface area contributed by atoms with Crippen LogP contribution in [0.4, 0.5) is 0 Å². The molecule has 136 valence electrons. The summed E-state index contributed by atoms with van der Waals surface area (Å²) >= 11 is 0. The van der Waals surface area contributed by atoms with Crippen molar-refractivity contribution in [2.75, 3.05) is 13.2 Å². The van der Waals surface area contributed by atoms with Crippen LogP contribution in [0, 0.1) is 0 Å². The van der Waals surface area contributed by atoms with Gasteiger partial charge in [-0.05, 0) is 47.7 Å². The van der Waals surface area contributed by atoms with Gasteiger partial charge in [0.25, 0.3) is 5.91 Å². The molecule has 5 heteroatoms. The largest absolute Gasteiger partial charge is 0.491 e. The van der Waals surface area contributed by atoms with Crippen LogP contribution in [0.25, 0.3) is 0 Å². The van der Waals surface area contributed by atoms with E-state index in [2.05, 4.69) is 28.8 Å². The van der Waals surface area contributed by atoms with E-state index in [4.69, 9.17) is 9.47 Å². The first-order valence-corrected chi connectivity index (χ1v) is 9.22. The topological polar surface area (TPSA) is 59.6 Å². The summed E-state index contributed by atoms with van der Waals surface area (Å²) in [5.41, 5.74) is 4.39. The zero-order valence-electron chi connectivity index (χ0n) is 14.8. The van der Waals surface area contributed by atoms with Gasteiger partial charge in [0.05, 0.1) is 6.10 Å². The molecule has 1 amide bonds. The van der Waals surface area contributed by atoms with Crippen LogP contribution < -0.4 is 15.4 Å². The maximum atomic E-state index is 12.5. The maximum absolute atomic E-state index is 12.5. The molecule has 0 radical (unpaired) electrons. The molecule has 2 heterocycles. The second-order valence-corrected chi connectivity index (χ2v) is 6.86. The molecule has 26 heavy (non-hydrogen) atoms. The van der Waals surface area contributed by atoms with Gasteiger partial charge in [0.1, 0.15) is 12.4 Å². The molecule has 2 aromatic carbocycles. The minimum Gasteiger partial charge on any atom is -0.491 e. The van der Waals surface area contributed by atoms with Crippen molar-refractivity contribution < 1.29 is 14.3 Å². The lowest BCUT2D eigenvalue weighted by atomic mass is 10.1. The van der Waals surface area contributed by atoms with Crippen LogP contribution >= 0.6 is 0 Å². The van der Waals surface area contributed by atoms with Crippen molar-refractivity contribution in [3.63, 3.8) is 0 Å². The van der Waals surface area contributed by atoms with Crippen molar-refractivity contribution in [2.45, 2.75) is 38.6 Å². The summed E-state index contributed by atoms with van der Waals surface area (Å²) in [5, 5.41) is 6.33. The molecule has 5 nitrogen and oxygen atoms in total. The van der Waals surface area contributed by atoms with E-state index in [-0.39, 0.29) is 12.0 Å². The molecule has 0 aliphatic carbocycles. The van der Waals surface area contributed by atoms with Gasteiger partial charge in [-0.1, -0.05) is 24.3 Å². The zero-order chi connectivity index (χ0) is 17.8. The predicted octanol–water partition coefficient (Wildman–Crippen LogP) is 2.78. The quantitative estimate of drug-likeness (QED) is 0.839. The van der Waals surface area contributed by atoms with E-state index < -0.39 is 0 Å². The fraction of sp³-hybridized carbons (Fsp3) is 0.381. The second-order valence-electron chi connectivity index (χ2n) is 6.86. The van der Waals surface area contributed by atoms with Crippen molar-refractivity contribution >= 4 is 5.91 Å². The number of fused-ring (bicyclic) bond motifs is 1. The van der Waals surface area contributed by atoms with Gasteiger partial charge in [-0.25, -0.2) is 0 Å². The molecule has 1 unspecified atom stereocenters. The highest BCUT2D eigenvalue weighted by Crippen LogP contribution is 2.19. The molecular formula is C21H24N2O3. The summed E-state index contributed by atoms with van der Waals surface area (Å²) < 4.78 is 11.3. The molecule has 0 saturated carbocycles. The summed E-state index contributed by atoms with van der Waals surface area (Å²) in [5.74, 6) is 0.614. The SMILES string of the molecule is O=C(NCc1ccc2c(c1)CNC2)c1cccc(OCC2CCCO2)c1. The normalized spacial score (nSPS) is 18.5. The summed E-state index contributed by atoms with van der Waals surface area (Å²) in [7, 11) is 0. The van der Waals surface area contributed by atoms with Gasteiger partial charge in [0, 0.05) is 31.8 Å². The third-order valence-electron chi connectivity index (χ3n) is 4.91. The maximum Gasteiger partial charge on any atom is 0.251 e. The minimum absolute atomic E-state index is 0.0915. The fourth-order valence-corrected chi connectivity index (χ4v) is 3.43. The first-order valence-electron chi connectivity index (χ1n) is 9.22. The Balaban J connectivity index is 1.33. The number of rotatable bonds is 6. The number of carbonyl (C=O) groups is 1. The van der Waals surface area contributed by atoms with Crippen molar-refractivity contribution in [3.05, 3.63) is 64.7 Å². The van der Waals surface area contributed by atoms with Gasteiger partial charge in [0.15, 0.2) is 0 Å². The predicted molar refractivity (Wildman–Crippen MR) is 99.1 cm³/mol. The van der Waals surface area contributed by atoms with Crippen molar-refractivity contribution in [1.29, 1.82) is 0 Å². The molecule has 2 aliphatic rings. The zero-order valence-corrected chi connectivity index (χ0v) is 14.8. The molecule has 4 rings (SSSR count). The Morgan fingerprint density at radius 3 is 3.00 bits per heavy atom. The third kappa shape index (κ3) is 4.06. The molecule has 2 N–H and O–H groups in total. The number of benzene rings is 2. The molecule has 0 bridgehead atoms. The molecule has 0 spiro atoms. The van der Waals surface area contributed by atoms with Crippen LogP contribution in [0.1, 0.15) is 39.9 Å². The van der Waals surface area contributed by atoms with E-state index >= 15 is 0 Å². The Bertz CT molecular complexity index is 785. The Kier molecular flexibility index (Phi) is 5.18. The lowest BCUT2D eigenvalue weighted by molar-refractivity contribution is 0.0679. The minimum atomic E-state index is -0.0915. The number of hydrogen-bond acceptors (Lipinski definition) is 4. The van der Waals surface area contributed by atoms with Gasteiger partial charge in [0.2, 0.25) is 0 Å². The van der Waals surface area contributed by atoms with E-state index in [9.17, 15) is 4.79 Å². The molecule has 2 aliphatic heterocycles. The van der Waals surface area contributed by atoms with Gasteiger partial charge in [-0.3, -0.25) is 4.79 Å². The Hall–Kier alpha value is -2.37. The second kappa shape index (κ2) is 7.89. The Labute approximate surface area is 153 Å². The molecule has 2 aromatic rings. The van der Waals surface area contributed by atoms with Gasteiger partial charge in [-0.15, -0.1) is 0 Å². The van der Waals surface area contributed by atoms with Crippen LogP contribution in [0.2, 0.25) is 0 Å². The van der Waals surface area contributed by atoms with E-state index in [1.807, 2.05) is 12.1 Å². The summed E-state index contributed by atoms with van der Waals surface area (Å²) in [6, 6.07) is 13.7. The average Bonchev–Trinajstić information content (AvgIpc) is 3.35. The molecule has 0 aromatic heterocycles. The highest BCUT2D eigenvalue weighted by molar-refractivity contribution is 5.94. The first-order chi connectivity index (χ1) is 12.8. The van der Waals surface area contributed by atoms with Crippen LogP contribution in [0.5, 0.6) is 5.75 Å². The summed E-state index contributed by atoms with van der Waals surface area (Å²) in [4.78, 5) is 12.5. The van der Waals surface area contributed by atoms with E-state index in [1.165, 1.54) is 11.1 Å². The van der Waals surface area contributed by atoms with Crippen LogP contribution in [0.15, 0.2) is 42.5 Å². The van der Waals surface area contributed by atoms with Crippen LogP contribution in [0.3, 0.4) is 0 Å². The van der Waals surface area contributed by atoms with Gasteiger partial charge in [-0.2, -0.15) is 0 Å². The van der Waals surface area contributed by atoms with E-state index in [0.29, 0.717) is 24.5 Å². The van der Waals surface area contributed by atoms with Crippen molar-refractivity contribution in [3.8, 4) is 5.75 Å². The fourth-order valence-electron chi connectivity index (χ4n) is 3.43. The molecule has 1 saturated heterocycles. The Morgan fingerprint density at radius 1 is 1.19 bits per heavy atom. The highest BCUT2D eigenvalue weighted by Gasteiger charge is 2.16. The smallest absolute Gasteiger partial charge is 0.251 e. The lowest BCUT2D eigenvalue weighted by Gasteiger charge is -2.12. The average molecular weight is 352 g/mol. The molecule has 1 atom stereocenters. The lowest BCUT2D eigenvalue weighted by Crippen LogP contribution is -2.23. The van der Waals surface area contributed by atoms with Gasteiger partial charge < -0.3 is 20.1 Å². The molecular weight excluding hydrogens is 328 g/mol. The van der Waals surface area contributed by atoms with Gasteiger partial charge >= 0.3 is 0 Å². The van der Waals surface area contributed by atoms with E-state index in [0.717, 1.165) is 38.1 Å². The molecule has 1 fully saturated rings.